The number of rotatable bonds is 8. The van der Waals surface area contributed by atoms with Gasteiger partial charge in [0.2, 0.25) is 0 Å². The lowest BCUT2D eigenvalue weighted by molar-refractivity contribution is 0.0949. The van der Waals surface area contributed by atoms with Gasteiger partial charge in [0.15, 0.2) is 0 Å². The minimum Gasteiger partial charge on any atom is -0.491 e. The molecule has 0 saturated heterocycles. The summed E-state index contributed by atoms with van der Waals surface area (Å²) >= 11 is 0. The normalized spacial score (nSPS) is 11.1. The summed E-state index contributed by atoms with van der Waals surface area (Å²) in [6.07, 6.45) is 3.20. The highest BCUT2D eigenvalue weighted by Crippen LogP contribution is 2.27. The number of aromatic nitrogens is 3. The number of benzene rings is 2. The van der Waals surface area contributed by atoms with Gasteiger partial charge in [-0.25, -0.2) is 4.98 Å². The molecule has 0 bridgehead atoms. The summed E-state index contributed by atoms with van der Waals surface area (Å²) in [5, 5.41) is 2.95. The third-order valence-corrected chi connectivity index (χ3v) is 5.43. The van der Waals surface area contributed by atoms with Gasteiger partial charge in [0.25, 0.3) is 5.91 Å². The predicted molar refractivity (Wildman–Crippen MR) is 126 cm³/mol. The lowest BCUT2D eigenvalue weighted by Gasteiger charge is -2.16. The van der Waals surface area contributed by atoms with E-state index >= 15 is 0 Å². The molecule has 2 aromatic heterocycles. The van der Waals surface area contributed by atoms with E-state index in [-0.39, 0.29) is 5.91 Å². The highest BCUT2D eigenvalue weighted by Gasteiger charge is 2.14. The second-order valence-corrected chi connectivity index (χ2v) is 8.14. The number of imidazole rings is 1. The Balaban J connectivity index is 1.51. The van der Waals surface area contributed by atoms with Crippen molar-refractivity contribution >= 4 is 16.9 Å². The van der Waals surface area contributed by atoms with Crippen LogP contribution in [0.4, 0.5) is 0 Å². The molecule has 2 heterocycles. The molecule has 0 atom stereocenters. The molecule has 32 heavy (non-hydrogen) atoms. The Bertz CT molecular complexity index is 1220. The summed E-state index contributed by atoms with van der Waals surface area (Å²) in [6.45, 7) is 7.87. The van der Waals surface area contributed by atoms with Gasteiger partial charge in [-0.3, -0.25) is 9.78 Å². The van der Waals surface area contributed by atoms with Crippen molar-refractivity contribution in [2.75, 3.05) is 6.61 Å². The number of ether oxygens (including phenoxy) is 1. The fraction of sp³-hybridized carbons (Fsp3) is 0.269. The Morgan fingerprint density at radius 2 is 1.97 bits per heavy atom. The highest BCUT2D eigenvalue weighted by molar-refractivity contribution is 5.93. The molecule has 0 unspecified atom stereocenters. The van der Waals surface area contributed by atoms with Crippen molar-refractivity contribution in [3.63, 3.8) is 0 Å². The lowest BCUT2D eigenvalue weighted by atomic mass is 10.0. The molecule has 0 fully saturated rings. The van der Waals surface area contributed by atoms with Crippen LogP contribution in [-0.2, 0) is 13.1 Å². The molecule has 1 N–H and O–H groups in total. The fourth-order valence-corrected chi connectivity index (χ4v) is 3.76. The largest absolute Gasteiger partial charge is 0.491 e. The summed E-state index contributed by atoms with van der Waals surface area (Å²) in [5.74, 6) is 1.93. The number of carbonyl (C=O) groups is 1. The molecule has 4 aromatic rings. The number of nitrogens with zero attached hydrogens (tertiary/aromatic N) is 3. The van der Waals surface area contributed by atoms with Crippen LogP contribution < -0.4 is 10.1 Å². The lowest BCUT2D eigenvalue weighted by Crippen LogP contribution is -2.25. The van der Waals surface area contributed by atoms with Gasteiger partial charge in [-0.2, -0.15) is 0 Å². The van der Waals surface area contributed by atoms with Gasteiger partial charge < -0.3 is 14.6 Å². The summed E-state index contributed by atoms with van der Waals surface area (Å²) in [6, 6.07) is 17.8. The van der Waals surface area contributed by atoms with Crippen LogP contribution in [0.5, 0.6) is 5.75 Å². The first-order valence-corrected chi connectivity index (χ1v) is 10.9. The molecule has 0 aliphatic carbocycles. The smallest absolute Gasteiger partial charge is 0.253 e. The Labute approximate surface area is 188 Å². The average molecular weight is 429 g/mol. The summed E-state index contributed by atoms with van der Waals surface area (Å²) in [4.78, 5) is 21.2. The molecule has 0 radical (unpaired) electrons. The number of aryl methyl sites for hydroxylation is 1. The molecule has 0 saturated carbocycles. The molecule has 0 aliphatic heterocycles. The molecule has 0 spiro atoms. The van der Waals surface area contributed by atoms with Gasteiger partial charge in [-0.05, 0) is 54.3 Å². The number of carbonyl (C=O) groups excluding carboxylic acids is 1. The summed E-state index contributed by atoms with van der Waals surface area (Å²) in [7, 11) is 0. The zero-order valence-electron chi connectivity index (χ0n) is 18.7. The zero-order chi connectivity index (χ0) is 22.5. The number of pyridine rings is 1. The van der Waals surface area contributed by atoms with Crippen LogP contribution >= 0.6 is 0 Å². The fourth-order valence-electron chi connectivity index (χ4n) is 3.76. The maximum absolute atomic E-state index is 12.5. The molecular weight excluding hydrogens is 400 g/mol. The van der Waals surface area contributed by atoms with Crippen LogP contribution in [0.3, 0.4) is 0 Å². The monoisotopic (exact) mass is 428 g/mol. The van der Waals surface area contributed by atoms with Gasteiger partial charge in [-0.15, -0.1) is 0 Å². The van der Waals surface area contributed by atoms with Crippen LogP contribution in [0.2, 0.25) is 0 Å². The predicted octanol–water partition coefficient (Wildman–Crippen LogP) is 4.87. The molecule has 4 rings (SSSR count). The maximum atomic E-state index is 12.5. The molecule has 1 amide bonds. The standard InChI is InChI=1S/C26H28N4O2/c1-18(2)21-11-10-19(3)15-24(21)32-14-13-30-23-9-5-4-8-22(23)29-25(30)17-28-26(31)20-7-6-12-27-16-20/h4-12,15-16,18H,13-14,17H2,1-3H3,(H,28,31). The van der Waals surface area contributed by atoms with E-state index in [0.717, 1.165) is 22.6 Å². The number of fused-ring (bicyclic) bond motifs is 1. The topological polar surface area (TPSA) is 69.0 Å². The van der Waals surface area contributed by atoms with E-state index in [1.54, 1.807) is 24.5 Å². The van der Waals surface area contributed by atoms with Gasteiger partial charge in [0.05, 0.1) is 29.7 Å². The van der Waals surface area contributed by atoms with Gasteiger partial charge in [-0.1, -0.05) is 38.1 Å². The van der Waals surface area contributed by atoms with Crippen molar-refractivity contribution in [1.29, 1.82) is 0 Å². The first-order chi connectivity index (χ1) is 15.5. The van der Waals surface area contributed by atoms with E-state index in [1.165, 1.54) is 11.1 Å². The van der Waals surface area contributed by atoms with E-state index in [2.05, 4.69) is 53.8 Å². The molecule has 0 aliphatic rings. The SMILES string of the molecule is Cc1ccc(C(C)C)c(OCCn2c(CNC(=O)c3cccnc3)nc3ccccc32)c1. The quantitative estimate of drug-likeness (QED) is 0.435. The van der Waals surface area contributed by atoms with E-state index in [4.69, 9.17) is 9.72 Å². The van der Waals surface area contributed by atoms with Crippen LogP contribution in [0, 0.1) is 6.92 Å². The number of hydrogen-bond donors (Lipinski definition) is 1. The first-order valence-electron chi connectivity index (χ1n) is 10.9. The molecule has 6 nitrogen and oxygen atoms in total. The third-order valence-electron chi connectivity index (χ3n) is 5.43. The summed E-state index contributed by atoms with van der Waals surface area (Å²) < 4.78 is 8.32. The summed E-state index contributed by atoms with van der Waals surface area (Å²) in [5.41, 5.74) is 4.83. The Hall–Kier alpha value is -3.67. The first kappa shape index (κ1) is 21.6. The highest BCUT2D eigenvalue weighted by atomic mass is 16.5. The Kier molecular flexibility index (Phi) is 6.50. The zero-order valence-corrected chi connectivity index (χ0v) is 18.7. The van der Waals surface area contributed by atoms with Crippen molar-refractivity contribution < 1.29 is 9.53 Å². The van der Waals surface area contributed by atoms with Crippen molar-refractivity contribution in [1.82, 2.24) is 19.9 Å². The van der Waals surface area contributed by atoms with Crippen molar-refractivity contribution in [3.8, 4) is 5.75 Å². The molecule has 164 valence electrons. The van der Waals surface area contributed by atoms with Gasteiger partial charge >= 0.3 is 0 Å². The number of amides is 1. The third kappa shape index (κ3) is 4.80. The van der Waals surface area contributed by atoms with Gasteiger partial charge in [0.1, 0.15) is 18.2 Å². The second-order valence-electron chi connectivity index (χ2n) is 8.14. The second kappa shape index (κ2) is 9.64. The van der Waals surface area contributed by atoms with E-state index in [1.807, 2.05) is 24.3 Å². The molecule has 6 heteroatoms. The van der Waals surface area contributed by atoms with Crippen molar-refractivity contribution in [2.45, 2.75) is 39.8 Å². The van der Waals surface area contributed by atoms with Crippen LogP contribution in [0.25, 0.3) is 11.0 Å². The minimum absolute atomic E-state index is 0.172. The number of nitrogens with one attached hydrogen (secondary N) is 1. The van der Waals surface area contributed by atoms with E-state index < -0.39 is 0 Å². The Morgan fingerprint density at radius 3 is 2.75 bits per heavy atom. The van der Waals surface area contributed by atoms with E-state index in [0.29, 0.717) is 31.2 Å². The molecular formula is C26H28N4O2. The maximum Gasteiger partial charge on any atom is 0.253 e. The average Bonchev–Trinajstić information content (AvgIpc) is 3.15. The number of hydrogen-bond acceptors (Lipinski definition) is 4. The van der Waals surface area contributed by atoms with Crippen LogP contribution in [-0.4, -0.2) is 27.0 Å². The van der Waals surface area contributed by atoms with Crippen molar-refractivity contribution in [3.05, 3.63) is 89.5 Å². The van der Waals surface area contributed by atoms with E-state index in [9.17, 15) is 4.79 Å². The van der Waals surface area contributed by atoms with Crippen molar-refractivity contribution in [2.24, 2.45) is 0 Å². The Morgan fingerprint density at radius 1 is 1.12 bits per heavy atom. The molecule has 2 aromatic carbocycles. The van der Waals surface area contributed by atoms with Crippen LogP contribution in [0.1, 0.15) is 47.1 Å². The minimum atomic E-state index is -0.172. The van der Waals surface area contributed by atoms with Crippen LogP contribution in [0.15, 0.2) is 67.0 Å². The van der Waals surface area contributed by atoms with Gasteiger partial charge in [0, 0.05) is 12.4 Å². The number of para-hydroxylation sites is 2.